The Labute approximate surface area is 152 Å². The second kappa shape index (κ2) is 7.41. The van der Waals surface area contributed by atoms with Gasteiger partial charge in [-0.1, -0.05) is 29.3 Å². The number of likely N-dealkylation sites (tertiary alicyclic amines) is 1. The predicted molar refractivity (Wildman–Crippen MR) is 86.7 cm³/mol. The van der Waals surface area contributed by atoms with Crippen molar-refractivity contribution in [3.8, 4) is 0 Å². The van der Waals surface area contributed by atoms with Crippen molar-refractivity contribution in [1.29, 1.82) is 0 Å². The van der Waals surface area contributed by atoms with Gasteiger partial charge in [0.25, 0.3) is 0 Å². The second-order valence-corrected chi connectivity index (χ2v) is 6.87. The quantitative estimate of drug-likeness (QED) is 0.810. The molecule has 1 N–H and O–H groups in total. The summed E-state index contributed by atoms with van der Waals surface area (Å²) in [6.45, 7) is -1.05. The lowest BCUT2D eigenvalue weighted by Crippen LogP contribution is -2.47. The molecule has 0 aliphatic carbocycles. The summed E-state index contributed by atoms with van der Waals surface area (Å²) >= 11 is 11.7. The first-order chi connectivity index (χ1) is 11.6. The number of carboxylic acid groups (broad SMARTS) is 1. The summed E-state index contributed by atoms with van der Waals surface area (Å²) in [5.74, 6) is -2.42. The highest BCUT2D eigenvalue weighted by Crippen LogP contribution is 2.45. The number of benzene rings is 1. The molecule has 0 bridgehead atoms. The van der Waals surface area contributed by atoms with E-state index in [1.54, 1.807) is 18.2 Å². The van der Waals surface area contributed by atoms with Gasteiger partial charge in [0.2, 0.25) is 5.91 Å². The number of carbonyl (C=O) groups excluding carboxylic acids is 1. The highest BCUT2D eigenvalue weighted by atomic mass is 35.5. The van der Waals surface area contributed by atoms with Crippen LogP contribution in [0.2, 0.25) is 10.0 Å². The second-order valence-electron chi connectivity index (χ2n) is 6.05. The van der Waals surface area contributed by atoms with E-state index in [9.17, 15) is 22.8 Å². The smallest absolute Gasteiger partial charge is 0.406 e. The summed E-state index contributed by atoms with van der Waals surface area (Å²) in [6, 6.07) is 5.06. The van der Waals surface area contributed by atoms with Gasteiger partial charge in [-0.25, -0.2) is 0 Å². The molecule has 1 aromatic rings. The maximum atomic E-state index is 13.1. The van der Waals surface area contributed by atoms with Crippen molar-refractivity contribution in [2.24, 2.45) is 5.41 Å². The monoisotopic (exact) mass is 397 g/mol. The third-order valence-electron chi connectivity index (χ3n) is 4.41. The van der Waals surface area contributed by atoms with E-state index in [2.05, 4.69) is 0 Å². The zero-order chi connectivity index (χ0) is 18.8. The first kappa shape index (κ1) is 19.8. The lowest BCUT2D eigenvalue weighted by molar-refractivity contribution is -0.227. The number of carboxylic acids is 1. The maximum Gasteiger partial charge on any atom is 0.406 e. The van der Waals surface area contributed by atoms with Crippen LogP contribution in [0, 0.1) is 5.41 Å². The van der Waals surface area contributed by atoms with Gasteiger partial charge in [-0.3, -0.25) is 9.59 Å². The van der Waals surface area contributed by atoms with E-state index in [0.717, 1.165) is 10.5 Å². The molecule has 1 aliphatic heterocycles. The molecule has 1 atom stereocenters. The summed E-state index contributed by atoms with van der Waals surface area (Å²) in [7, 11) is 0. The summed E-state index contributed by atoms with van der Waals surface area (Å²) in [6.07, 6.45) is -4.55. The van der Waals surface area contributed by atoms with Gasteiger partial charge in [-0.2, -0.15) is 13.2 Å². The van der Waals surface area contributed by atoms with Crippen molar-refractivity contribution in [2.45, 2.75) is 31.9 Å². The minimum atomic E-state index is -4.89. The molecule has 1 saturated heterocycles. The SMILES string of the molecule is O=C(CCCc1ccc(Cl)c(Cl)c1)N1CCC(C(=O)O)(C(F)(F)F)C1. The normalized spacial score (nSPS) is 20.8. The van der Waals surface area contributed by atoms with Crippen LogP contribution in [0.15, 0.2) is 18.2 Å². The average molecular weight is 398 g/mol. The highest BCUT2D eigenvalue weighted by Gasteiger charge is 2.64. The molecule has 25 heavy (non-hydrogen) atoms. The molecule has 0 aromatic heterocycles. The van der Waals surface area contributed by atoms with Crippen molar-refractivity contribution < 1.29 is 27.9 Å². The molecule has 0 radical (unpaired) electrons. The fourth-order valence-electron chi connectivity index (χ4n) is 2.85. The molecule has 4 nitrogen and oxygen atoms in total. The predicted octanol–water partition coefficient (Wildman–Crippen LogP) is 4.18. The minimum Gasteiger partial charge on any atom is -0.481 e. The molecule has 1 aromatic carbocycles. The van der Waals surface area contributed by atoms with Crippen LogP contribution < -0.4 is 0 Å². The number of hydrogen-bond donors (Lipinski definition) is 1. The molecule has 1 heterocycles. The number of rotatable bonds is 5. The number of amides is 1. The van der Waals surface area contributed by atoms with Gasteiger partial charge >= 0.3 is 12.1 Å². The van der Waals surface area contributed by atoms with E-state index in [1.165, 1.54) is 0 Å². The number of halogens is 5. The summed E-state index contributed by atoms with van der Waals surface area (Å²) in [5, 5.41) is 9.79. The third-order valence-corrected chi connectivity index (χ3v) is 5.15. The number of alkyl halides is 3. The average Bonchev–Trinajstić information content (AvgIpc) is 2.97. The Morgan fingerprint density at radius 3 is 2.44 bits per heavy atom. The minimum absolute atomic E-state index is 0.0355. The van der Waals surface area contributed by atoms with Crippen LogP contribution in [0.3, 0.4) is 0 Å². The van der Waals surface area contributed by atoms with E-state index in [4.69, 9.17) is 28.3 Å². The fourth-order valence-corrected chi connectivity index (χ4v) is 3.17. The van der Waals surface area contributed by atoms with Crippen molar-refractivity contribution >= 4 is 35.1 Å². The molecular formula is C16H16Cl2F3NO3. The van der Waals surface area contributed by atoms with Crippen LogP contribution in [0.5, 0.6) is 0 Å². The first-order valence-electron chi connectivity index (χ1n) is 7.59. The first-order valence-corrected chi connectivity index (χ1v) is 8.34. The van der Waals surface area contributed by atoms with Crippen molar-refractivity contribution in [1.82, 2.24) is 4.90 Å². The van der Waals surface area contributed by atoms with Crippen molar-refractivity contribution in [3.05, 3.63) is 33.8 Å². The van der Waals surface area contributed by atoms with Crippen LogP contribution in [0.25, 0.3) is 0 Å². The van der Waals surface area contributed by atoms with Crippen molar-refractivity contribution in [3.63, 3.8) is 0 Å². The molecule has 138 valence electrons. The highest BCUT2D eigenvalue weighted by molar-refractivity contribution is 6.42. The van der Waals surface area contributed by atoms with Crippen LogP contribution in [0.1, 0.15) is 24.8 Å². The number of carbonyl (C=O) groups is 2. The molecule has 9 heteroatoms. The van der Waals surface area contributed by atoms with Gasteiger partial charge in [0.05, 0.1) is 10.0 Å². The summed E-state index contributed by atoms with van der Waals surface area (Å²) in [5.41, 5.74) is -2.01. The van der Waals surface area contributed by atoms with E-state index < -0.39 is 36.4 Å². The van der Waals surface area contributed by atoms with Gasteiger partial charge in [0.1, 0.15) is 0 Å². The zero-order valence-corrected chi connectivity index (χ0v) is 14.6. The number of hydrogen-bond acceptors (Lipinski definition) is 2. The number of aryl methyl sites for hydroxylation is 1. The fraction of sp³-hybridized carbons (Fsp3) is 0.500. The Balaban J connectivity index is 1.91. The van der Waals surface area contributed by atoms with Crippen LogP contribution in [-0.4, -0.2) is 41.1 Å². The summed E-state index contributed by atoms with van der Waals surface area (Å²) in [4.78, 5) is 24.2. The van der Waals surface area contributed by atoms with E-state index in [-0.39, 0.29) is 13.0 Å². The van der Waals surface area contributed by atoms with E-state index in [0.29, 0.717) is 22.9 Å². The molecule has 2 rings (SSSR count). The molecule has 0 saturated carbocycles. The van der Waals surface area contributed by atoms with E-state index >= 15 is 0 Å². The van der Waals surface area contributed by atoms with Crippen LogP contribution in [-0.2, 0) is 16.0 Å². The standard InChI is InChI=1S/C16H16Cl2F3NO3/c17-11-5-4-10(8-12(11)18)2-1-3-13(23)22-7-6-15(9-22,14(24)25)16(19,20)21/h4-5,8H,1-3,6-7,9H2,(H,24,25). The number of nitrogens with zero attached hydrogens (tertiary/aromatic N) is 1. The molecular weight excluding hydrogens is 382 g/mol. The molecule has 1 unspecified atom stereocenters. The lowest BCUT2D eigenvalue weighted by atomic mass is 9.86. The van der Waals surface area contributed by atoms with Gasteiger partial charge in [0.15, 0.2) is 5.41 Å². The Bertz CT molecular complexity index is 681. The molecule has 1 aliphatic rings. The van der Waals surface area contributed by atoms with E-state index in [1.807, 2.05) is 0 Å². The number of aliphatic carboxylic acids is 1. The molecule has 0 spiro atoms. The Hall–Kier alpha value is -1.47. The van der Waals surface area contributed by atoms with Crippen molar-refractivity contribution in [2.75, 3.05) is 13.1 Å². The Kier molecular flexibility index (Phi) is 5.89. The zero-order valence-electron chi connectivity index (χ0n) is 13.1. The third kappa shape index (κ3) is 4.20. The summed E-state index contributed by atoms with van der Waals surface area (Å²) < 4.78 is 39.3. The maximum absolute atomic E-state index is 13.1. The van der Waals surface area contributed by atoms with Gasteiger partial charge in [-0.05, 0) is 37.0 Å². The van der Waals surface area contributed by atoms with Crippen LogP contribution >= 0.6 is 23.2 Å². The lowest BCUT2D eigenvalue weighted by Gasteiger charge is -2.27. The van der Waals surface area contributed by atoms with Crippen LogP contribution in [0.4, 0.5) is 13.2 Å². The molecule has 1 fully saturated rings. The topological polar surface area (TPSA) is 57.6 Å². The van der Waals surface area contributed by atoms with Gasteiger partial charge < -0.3 is 10.0 Å². The Morgan fingerprint density at radius 2 is 1.92 bits per heavy atom. The molecule has 1 amide bonds. The van der Waals surface area contributed by atoms with Gasteiger partial charge in [0, 0.05) is 19.5 Å². The Morgan fingerprint density at radius 1 is 1.24 bits per heavy atom. The van der Waals surface area contributed by atoms with Gasteiger partial charge in [-0.15, -0.1) is 0 Å². The largest absolute Gasteiger partial charge is 0.481 e.